The number of rotatable bonds is 2. The molecule has 0 radical (unpaired) electrons. The number of hydrogen-bond acceptors (Lipinski definition) is 5. The van der Waals surface area contributed by atoms with Crippen molar-refractivity contribution < 1.29 is 16.2 Å². The number of nitrogens with zero attached hydrogens (tertiary/aromatic N) is 4. The first-order valence-electron chi connectivity index (χ1n) is 8.68. The minimum Gasteiger partial charge on any atom is -0.398 e. The molecule has 0 saturated carbocycles. The Morgan fingerprint density at radius 3 is 2.50 bits per heavy atom. The van der Waals surface area contributed by atoms with Crippen LogP contribution in [0.3, 0.4) is 0 Å². The minimum atomic E-state index is -0.958. The van der Waals surface area contributed by atoms with Gasteiger partial charge in [0.05, 0.1) is 29.8 Å². The Labute approximate surface area is 125 Å². The Hall–Kier alpha value is -1.73. The van der Waals surface area contributed by atoms with Crippen LogP contribution in [-0.2, 0) is 9.31 Å². The van der Waals surface area contributed by atoms with Crippen LogP contribution in [-0.4, -0.2) is 38.1 Å². The second kappa shape index (κ2) is 4.39. The molecule has 1 aliphatic heterocycles. The van der Waals surface area contributed by atoms with E-state index in [1.54, 1.807) is 0 Å². The fraction of sp³-hybridized carbons (Fsp3) is 0.462. The van der Waals surface area contributed by atoms with Crippen LogP contribution in [0.2, 0.25) is 0 Å². The van der Waals surface area contributed by atoms with E-state index in [4.69, 9.17) is 16.2 Å². The molecule has 0 bridgehead atoms. The van der Waals surface area contributed by atoms with Gasteiger partial charge in [-0.15, -0.1) is 0 Å². The van der Waals surface area contributed by atoms with E-state index in [-0.39, 0.29) is 36.0 Å². The van der Waals surface area contributed by atoms with Gasteiger partial charge in [-0.3, -0.25) is 4.98 Å². The van der Waals surface area contributed by atoms with E-state index in [2.05, 4.69) is 15.1 Å². The smallest absolute Gasteiger partial charge is 0.398 e. The Balaban J connectivity index is 2.10. The van der Waals surface area contributed by atoms with Crippen LogP contribution >= 0.6 is 0 Å². The van der Waals surface area contributed by atoms with E-state index in [9.17, 15) is 0 Å². The summed E-state index contributed by atoms with van der Waals surface area (Å²) < 4.78 is 51.5. The first-order valence-corrected chi connectivity index (χ1v) is 6.18. The third kappa shape index (κ3) is 2.12. The lowest BCUT2D eigenvalue weighted by atomic mass is 9.85. The zero-order valence-electron chi connectivity index (χ0n) is 16.7. The topological polar surface area (TPSA) is 62.1 Å². The molecule has 0 amide bonds. The highest BCUT2D eigenvalue weighted by Crippen LogP contribution is 2.36. The third-order valence-electron chi connectivity index (χ3n) is 3.60. The highest BCUT2D eigenvalue weighted by atomic mass is 16.7. The lowest BCUT2D eigenvalue weighted by Crippen LogP contribution is -2.41. The van der Waals surface area contributed by atoms with Gasteiger partial charge >= 0.3 is 7.12 Å². The van der Waals surface area contributed by atoms with Crippen LogP contribution < -0.4 is 5.59 Å². The van der Waals surface area contributed by atoms with Crippen molar-refractivity contribution in [2.45, 2.75) is 38.9 Å². The molecule has 0 aliphatic carbocycles. The molecule has 3 rings (SSSR count). The maximum atomic E-state index is 7.99. The van der Waals surface area contributed by atoms with Gasteiger partial charge in [-0.2, -0.15) is 5.10 Å². The molecular formula is C13H17BN4O2. The van der Waals surface area contributed by atoms with Crippen molar-refractivity contribution in [2.24, 2.45) is 0 Å². The molecule has 6 nitrogen and oxygen atoms in total. The highest BCUT2D eigenvalue weighted by molar-refractivity contribution is 6.61. The fourth-order valence-electron chi connectivity index (χ4n) is 1.73. The molecule has 2 aromatic heterocycles. The predicted molar refractivity (Wildman–Crippen MR) is 74.9 cm³/mol. The molecule has 104 valence electrons. The summed E-state index contributed by atoms with van der Waals surface area (Å²) >= 11 is 0. The minimum absolute atomic E-state index is 0.0533. The van der Waals surface area contributed by atoms with Crippen LogP contribution in [0.1, 0.15) is 34.5 Å². The SMILES string of the molecule is [2H]c1nc([2H])c(-n2nc([2H])c([2H])c2[2H])nc1B1OC(C)(C)C(C)(C)O1. The summed E-state index contributed by atoms with van der Waals surface area (Å²) in [6, 6.07) is -0.381. The van der Waals surface area contributed by atoms with E-state index in [1.165, 1.54) is 0 Å². The lowest BCUT2D eigenvalue weighted by molar-refractivity contribution is 0.00578. The summed E-state index contributed by atoms with van der Waals surface area (Å²) in [5.74, 6) is -0.155. The summed E-state index contributed by atoms with van der Waals surface area (Å²) in [5, 5.41) is 3.74. The van der Waals surface area contributed by atoms with Gasteiger partial charge in [0, 0.05) is 18.5 Å². The van der Waals surface area contributed by atoms with E-state index in [0.29, 0.717) is 0 Å². The standard InChI is InChI=1S/C13H17BN4O2/c1-12(2)13(3,4)20-14(19-12)10-8-15-9-11(17-10)18-7-5-6-16-18/h5-9H,1-4H3/i5D,6D,7D,8D,9D. The van der Waals surface area contributed by atoms with Gasteiger partial charge in [0.25, 0.3) is 0 Å². The van der Waals surface area contributed by atoms with Gasteiger partial charge in [-0.1, -0.05) is 0 Å². The average Bonchev–Trinajstić information content (AvgIpc) is 2.86. The summed E-state index contributed by atoms with van der Waals surface area (Å²) in [5.41, 5.74) is -1.22. The van der Waals surface area contributed by atoms with Gasteiger partial charge < -0.3 is 9.31 Å². The molecule has 3 heterocycles. The van der Waals surface area contributed by atoms with Crippen molar-refractivity contribution >= 4 is 12.7 Å². The zero-order valence-corrected chi connectivity index (χ0v) is 11.7. The average molecular weight is 277 g/mol. The maximum Gasteiger partial charge on any atom is 0.516 e. The monoisotopic (exact) mass is 277 g/mol. The van der Waals surface area contributed by atoms with Crippen LogP contribution in [0, 0.1) is 0 Å². The van der Waals surface area contributed by atoms with Crippen molar-refractivity contribution in [1.29, 1.82) is 0 Å². The molecule has 1 fully saturated rings. The summed E-state index contributed by atoms with van der Waals surface area (Å²) in [6.45, 7) is 7.44. The first-order chi connectivity index (χ1) is 11.4. The molecule has 20 heavy (non-hydrogen) atoms. The van der Waals surface area contributed by atoms with Gasteiger partial charge in [0.2, 0.25) is 0 Å². The second-order valence-electron chi connectivity index (χ2n) is 5.50. The lowest BCUT2D eigenvalue weighted by Gasteiger charge is -2.32. The van der Waals surface area contributed by atoms with Gasteiger partial charge in [-0.05, 0) is 33.7 Å². The van der Waals surface area contributed by atoms with E-state index < -0.39 is 24.5 Å². The molecule has 0 spiro atoms. The summed E-state index contributed by atoms with van der Waals surface area (Å²) in [4.78, 5) is 8.01. The Kier molecular flexibility index (Phi) is 1.88. The van der Waals surface area contributed by atoms with Crippen molar-refractivity contribution in [1.82, 2.24) is 19.7 Å². The number of aromatic nitrogens is 4. The predicted octanol–water partition coefficient (Wildman–Crippen LogP) is 0.961. The van der Waals surface area contributed by atoms with Crippen LogP contribution in [0.15, 0.2) is 30.7 Å². The quantitative estimate of drug-likeness (QED) is 0.765. The number of hydrogen-bond donors (Lipinski definition) is 0. The summed E-state index contributed by atoms with van der Waals surface area (Å²) in [7, 11) is -0.958. The Morgan fingerprint density at radius 1 is 1.20 bits per heavy atom. The molecule has 7 heteroatoms. The van der Waals surface area contributed by atoms with E-state index in [0.717, 1.165) is 4.68 Å². The van der Waals surface area contributed by atoms with Gasteiger partial charge in [0.15, 0.2) is 5.82 Å². The summed E-state index contributed by atoms with van der Waals surface area (Å²) in [6.07, 6.45) is -1.45. The molecule has 0 aromatic carbocycles. The van der Waals surface area contributed by atoms with Crippen LogP contribution in [0.4, 0.5) is 0 Å². The zero-order chi connectivity index (χ0) is 18.7. The molecule has 0 unspecified atom stereocenters. The fourth-order valence-corrected chi connectivity index (χ4v) is 1.73. The van der Waals surface area contributed by atoms with Crippen molar-refractivity contribution in [3.63, 3.8) is 0 Å². The first kappa shape index (κ1) is 8.54. The second-order valence-corrected chi connectivity index (χ2v) is 5.50. The van der Waals surface area contributed by atoms with E-state index >= 15 is 0 Å². The van der Waals surface area contributed by atoms with Crippen LogP contribution in [0.5, 0.6) is 0 Å². The molecule has 2 aromatic rings. The molecule has 0 atom stereocenters. The molecule has 0 N–H and O–H groups in total. The molecular weight excluding hydrogens is 255 g/mol. The normalized spacial score (nSPS) is 23.8. The molecule has 1 saturated heterocycles. The molecule has 1 aliphatic rings. The van der Waals surface area contributed by atoms with Gasteiger partial charge in [-0.25, -0.2) is 9.67 Å². The Bertz CT molecular complexity index is 841. The van der Waals surface area contributed by atoms with Gasteiger partial charge in [0.1, 0.15) is 0 Å². The van der Waals surface area contributed by atoms with Crippen molar-refractivity contribution in [2.75, 3.05) is 0 Å². The van der Waals surface area contributed by atoms with Crippen molar-refractivity contribution in [3.05, 3.63) is 30.7 Å². The highest BCUT2D eigenvalue weighted by Gasteiger charge is 2.52. The third-order valence-corrected chi connectivity index (χ3v) is 3.60. The van der Waals surface area contributed by atoms with E-state index in [1.807, 2.05) is 27.7 Å². The largest absolute Gasteiger partial charge is 0.516 e. The Morgan fingerprint density at radius 2 is 1.90 bits per heavy atom. The maximum absolute atomic E-state index is 7.99. The van der Waals surface area contributed by atoms with Crippen molar-refractivity contribution in [3.8, 4) is 5.82 Å². The van der Waals surface area contributed by atoms with Crippen LogP contribution in [0.25, 0.3) is 5.82 Å².